The molecule has 0 aliphatic heterocycles. The number of amides is 1. The van der Waals surface area contributed by atoms with Crippen molar-refractivity contribution < 1.29 is 25.2 Å². The summed E-state index contributed by atoms with van der Waals surface area (Å²) >= 11 is 5.87. The van der Waals surface area contributed by atoms with Crippen LogP contribution in [0.2, 0.25) is 5.02 Å². The van der Waals surface area contributed by atoms with E-state index in [1.165, 1.54) is 12.3 Å². The highest BCUT2D eigenvalue weighted by atomic mass is 35.5. The number of rotatable bonds is 3. The molecular weight excluding hydrogens is 324 g/mol. The van der Waals surface area contributed by atoms with E-state index in [9.17, 15) is 25.2 Å². The Balaban J connectivity index is 2.18. The van der Waals surface area contributed by atoms with Crippen LogP contribution in [0.15, 0.2) is 29.4 Å². The molecule has 0 bridgehead atoms. The van der Waals surface area contributed by atoms with E-state index in [0.29, 0.717) is 16.1 Å². The van der Waals surface area contributed by atoms with Gasteiger partial charge in [-0.2, -0.15) is 5.10 Å². The SMILES string of the molecule is Cc1cc(Cl)cc(C=NNC(=O)c2cc(O)c(O)cc2O)c1O. The smallest absolute Gasteiger partial charge is 0.275 e. The first kappa shape index (κ1) is 16.4. The summed E-state index contributed by atoms with van der Waals surface area (Å²) < 4.78 is 0. The lowest BCUT2D eigenvalue weighted by molar-refractivity contribution is 0.0952. The Bertz CT molecular complexity index is 805. The number of nitrogens with one attached hydrogen (secondary N) is 1. The first-order valence-electron chi connectivity index (χ1n) is 6.37. The van der Waals surface area contributed by atoms with Crippen LogP contribution >= 0.6 is 11.6 Å². The summed E-state index contributed by atoms with van der Waals surface area (Å²) in [5.41, 5.74) is 2.70. The summed E-state index contributed by atoms with van der Waals surface area (Å²) in [5.74, 6) is -2.47. The van der Waals surface area contributed by atoms with Crippen LogP contribution in [0.25, 0.3) is 0 Å². The van der Waals surface area contributed by atoms with Crippen LogP contribution in [0, 0.1) is 6.92 Å². The molecule has 0 aliphatic carbocycles. The third kappa shape index (κ3) is 3.64. The number of halogens is 1. The van der Waals surface area contributed by atoms with Crippen molar-refractivity contribution in [1.29, 1.82) is 0 Å². The maximum Gasteiger partial charge on any atom is 0.275 e. The van der Waals surface area contributed by atoms with Gasteiger partial charge in [0, 0.05) is 22.7 Å². The van der Waals surface area contributed by atoms with E-state index in [0.717, 1.165) is 12.1 Å². The second kappa shape index (κ2) is 6.45. The van der Waals surface area contributed by atoms with Gasteiger partial charge in [0.25, 0.3) is 5.91 Å². The number of carbonyl (C=O) groups is 1. The Morgan fingerprint density at radius 1 is 1.09 bits per heavy atom. The zero-order valence-electron chi connectivity index (χ0n) is 11.9. The molecule has 7 nitrogen and oxygen atoms in total. The quantitative estimate of drug-likeness (QED) is 0.254. The monoisotopic (exact) mass is 336 g/mol. The van der Waals surface area contributed by atoms with E-state index in [1.807, 2.05) is 0 Å². The largest absolute Gasteiger partial charge is 0.507 e. The summed E-state index contributed by atoms with van der Waals surface area (Å²) in [7, 11) is 0. The van der Waals surface area contributed by atoms with Crippen molar-refractivity contribution in [3.63, 3.8) is 0 Å². The van der Waals surface area contributed by atoms with Gasteiger partial charge in [0.2, 0.25) is 0 Å². The molecule has 0 radical (unpaired) electrons. The number of benzene rings is 2. The number of phenols is 4. The predicted octanol–water partition coefficient (Wildman–Crippen LogP) is 2.23. The minimum absolute atomic E-state index is 0.0301. The Morgan fingerprint density at radius 3 is 2.43 bits per heavy atom. The van der Waals surface area contributed by atoms with Crippen molar-refractivity contribution in [2.24, 2.45) is 5.10 Å². The zero-order valence-corrected chi connectivity index (χ0v) is 12.7. The fourth-order valence-corrected chi connectivity index (χ4v) is 2.11. The van der Waals surface area contributed by atoms with E-state index in [4.69, 9.17) is 11.6 Å². The summed E-state index contributed by atoms with van der Waals surface area (Å²) in [6.45, 7) is 1.66. The molecular formula is C15H13ClN2O5. The molecule has 0 aromatic heterocycles. The number of hydrogen-bond donors (Lipinski definition) is 5. The van der Waals surface area contributed by atoms with E-state index in [2.05, 4.69) is 10.5 Å². The molecule has 0 fully saturated rings. The topological polar surface area (TPSA) is 122 Å². The highest BCUT2D eigenvalue weighted by Gasteiger charge is 2.14. The lowest BCUT2D eigenvalue weighted by Gasteiger charge is -2.06. The van der Waals surface area contributed by atoms with Gasteiger partial charge >= 0.3 is 0 Å². The Hall–Kier alpha value is -2.93. The lowest BCUT2D eigenvalue weighted by Crippen LogP contribution is -2.17. The van der Waals surface area contributed by atoms with Gasteiger partial charge in [-0.1, -0.05) is 11.6 Å². The van der Waals surface area contributed by atoms with Crippen molar-refractivity contribution in [3.8, 4) is 23.0 Å². The fourth-order valence-electron chi connectivity index (χ4n) is 1.83. The molecule has 2 rings (SSSR count). The number of aromatic hydroxyl groups is 4. The molecule has 1 amide bonds. The number of aryl methyl sites for hydroxylation is 1. The van der Waals surface area contributed by atoms with Crippen molar-refractivity contribution in [1.82, 2.24) is 5.43 Å². The second-order valence-electron chi connectivity index (χ2n) is 4.72. The Kier molecular flexibility index (Phi) is 4.61. The van der Waals surface area contributed by atoms with Crippen LogP contribution in [0.4, 0.5) is 0 Å². The van der Waals surface area contributed by atoms with Crippen LogP contribution in [0.5, 0.6) is 23.0 Å². The summed E-state index contributed by atoms with van der Waals surface area (Å²) in [5, 5.41) is 42.0. The summed E-state index contributed by atoms with van der Waals surface area (Å²) in [6, 6.07) is 4.77. The fraction of sp³-hybridized carbons (Fsp3) is 0.0667. The minimum atomic E-state index is -0.813. The van der Waals surface area contributed by atoms with E-state index >= 15 is 0 Å². The molecule has 2 aromatic carbocycles. The molecule has 0 spiro atoms. The van der Waals surface area contributed by atoms with Crippen LogP contribution in [-0.2, 0) is 0 Å². The van der Waals surface area contributed by atoms with Gasteiger partial charge in [-0.25, -0.2) is 5.43 Å². The third-order valence-corrected chi connectivity index (χ3v) is 3.22. The standard InChI is InChI=1S/C15H13ClN2O5/c1-7-2-9(16)3-8(14(7)22)6-17-18-15(23)10-4-12(20)13(21)5-11(10)19/h2-6,19-22H,1H3,(H,18,23). The lowest BCUT2D eigenvalue weighted by atomic mass is 10.1. The van der Waals surface area contributed by atoms with Gasteiger partial charge in [-0.3, -0.25) is 4.79 Å². The molecule has 0 aliphatic rings. The van der Waals surface area contributed by atoms with Gasteiger partial charge in [-0.15, -0.1) is 0 Å². The highest BCUT2D eigenvalue weighted by molar-refractivity contribution is 6.31. The summed E-state index contributed by atoms with van der Waals surface area (Å²) in [6.07, 6.45) is 1.18. The first-order chi connectivity index (χ1) is 10.8. The van der Waals surface area contributed by atoms with Crippen molar-refractivity contribution in [2.45, 2.75) is 6.92 Å². The van der Waals surface area contributed by atoms with Gasteiger partial charge in [-0.05, 0) is 24.6 Å². The van der Waals surface area contributed by atoms with E-state index < -0.39 is 23.2 Å². The average Bonchev–Trinajstić information content (AvgIpc) is 2.47. The molecule has 5 N–H and O–H groups in total. The van der Waals surface area contributed by atoms with Gasteiger partial charge in [0.15, 0.2) is 11.5 Å². The number of carbonyl (C=O) groups excluding carboxylic acids is 1. The van der Waals surface area contributed by atoms with Crippen LogP contribution < -0.4 is 5.43 Å². The Labute approximate surface area is 136 Å². The third-order valence-electron chi connectivity index (χ3n) is 3.00. The average molecular weight is 337 g/mol. The summed E-state index contributed by atoms with van der Waals surface area (Å²) in [4.78, 5) is 11.9. The van der Waals surface area contributed by atoms with Crippen LogP contribution in [0.3, 0.4) is 0 Å². The van der Waals surface area contributed by atoms with Crippen molar-refractivity contribution in [3.05, 3.63) is 46.0 Å². The number of phenolic OH excluding ortho intramolecular Hbond substituents is 4. The molecule has 0 atom stereocenters. The molecule has 0 saturated heterocycles. The maximum atomic E-state index is 11.9. The number of hydrogen-bond acceptors (Lipinski definition) is 6. The van der Waals surface area contributed by atoms with Crippen LogP contribution in [0.1, 0.15) is 21.5 Å². The van der Waals surface area contributed by atoms with Gasteiger partial charge in [0.1, 0.15) is 11.5 Å². The molecule has 2 aromatic rings. The van der Waals surface area contributed by atoms with Gasteiger partial charge < -0.3 is 20.4 Å². The van der Waals surface area contributed by atoms with Crippen molar-refractivity contribution >= 4 is 23.7 Å². The molecule has 8 heteroatoms. The second-order valence-corrected chi connectivity index (χ2v) is 5.15. The predicted molar refractivity (Wildman–Crippen MR) is 84.4 cm³/mol. The van der Waals surface area contributed by atoms with E-state index in [1.54, 1.807) is 13.0 Å². The van der Waals surface area contributed by atoms with Crippen LogP contribution in [-0.4, -0.2) is 32.5 Å². The minimum Gasteiger partial charge on any atom is -0.507 e. The van der Waals surface area contributed by atoms with Gasteiger partial charge in [0.05, 0.1) is 11.8 Å². The maximum absolute atomic E-state index is 11.9. The first-order valence-corrected chi connectivity index (χ1v) is 6.75. The number of nitrogens with zero attached hydrogens (tertiary/aromatic N) is 1. The van der Waals surface area contributed by atoms with E-state index in [-0.39, 0.29) is 11.3 Å². The van der Waals surface area contributed by atoms with Crippen molar-refractivity contribution in [2.75, 3.05) is 0 Å². The highest BCUT2D eigenvalue weighted by Crippen LogP contribution is 2.32. The molecule has 0 saturated carbocycles. The molecule has 23 heavy (non-hydrogen) atoms. The Morgan fingerprint density at radius 2 is 1.74 bits per heavy atom. The zero-order chi connectivity index (χ0) is 17.1. The molecule has 120 valence electrons. The normalized spacial score (nSPS) is 10.9. The molecule has 0 unspecified atom stereocenters. The molecule has 0 heterocycles. The number of hydrazone groups is 1.